The zero-order valence-corrected chi connectivity index (χ0v) is 17.4. The molecule has 0 atom stereocenters. The van der Waals surface area contributed by atoms with E-state index in [1.165, 1.54) is 0 Å². The second-order valence-corrected chi connectivity index (χ2v) is 9.09. The number of rotatable bonds is 4. The molecule has 1 aliphatic rings. The Balaban J connectivity index is 1.77. The number of anilines is 2. The standard InChI is InChI=1S/C21H27ClN6/c1-21(2,3)12-18-24-13-17-19(27-18)28(16-8-10-23-11-9-16)20(26-17)25-15-6-4-14(22)5-7-15/h4-7,13,16,23H,8-12H2,1-3H3,(H,25,26). The van der Waals surface area contributed by atoms with Crippen molar-refractivity contribution in [2.24, 2.45) is 5.41 Å². The van der Waals surface area contributed by atoms with Crippen LogP contribution in [-0.2, 0) is 6.42 Å². The van der Waals surface area contributed by atoms with Crippen molar-refractivity contribution in [2.45, 2.75) is 46.1 Å². The van der Waals surface area contributed by atoms with E-state index in [0.717, 1.165) is 66.0 Å². The van der Waals surface area contributed by atoms with Crippen molar-refractivity contribution in [1.29, 1.82) is 0 Å². The lowest BCUT2D eigenvalue weighted by Crippen LogP contribution is -2.30. The minimum absolute atomic E-state index is 0.137. The van der Waals surface area contributed by atoms with E-state index >= 15 is 0 Å². The monoisotopic (exact) mass is 398 g/mol. The van der Waals surface area contributed by atoms with Gasteiger partial charge in [0.1, 0.15) is 11.3 Å². The van der Waals surface area contributed by atoms with Gasteiger partial charge in [-0.1, -0.05) is 32.4 Å². The number of imidazole rings is 1. The van der Waals surface area contributed by atoms with Gasteiger partial charge in [-0.2, -0.15) is 0 Å². The highest BCUT2D eigenvalue weighted by molar-refractivity contribution is 6.30. The molecular formula is C21H27ClN6. The first kappa shape index (κ1) is 19.2. The highest BCUT2D eigenvalue weighted by atomic mass is 35.5. The van der Waals surface area contributed by atoms with Gasteiger partial charge >= 0.3 is 0 Å². The van der Waals surface area contributed by atoms with Gasteiger partial charge in [-0.25, -0.2) is 15.0 Å². The van der Waals surface area contributed by atoms with Crippen molar-refractivity contribution in [2.75, 3.05) is 18.4 Å². The largest absolute Gasteiger partial charge is 0.326 e. The van der Waals surface area contributed by atoms with Crippen molar-refractivity contribution < 1.29 is 0 Å². The van der Waals surface area contributed by atoms with E-state index in [9.17, 15) is 0 Å². The van der Waals surface area contributed by atoms with Crippen LogP contribution in [0.4, 0.5) is 11.6 Å². The van der Waals surface area contributed by atoms with Crippen LogP contribution in [0.2, 0.25) is 5.02 Å². The third-order valence-electron chi connectivity index (χ3n) is 4.95. The maximum absolute atomic E-state index is 6.03. The molecule has 0 aliphatic carbocycles. The Morgan fingerprint density at radius 3 is 2.54 bits per heavy atom. The molecule has 6 nitrogen and oxygen atoms in total. The van der Waals surface area contributed by atoms with Crippen LogP contribution in [-0.4, -0.2) is 32.6 Å². The molecule has 4 rings (SSSR count). The summed E-state index contributed by atoms with van der Waals surface area (Å²) in [5, 5.41) is 7.62. The first-order chi connectivity index (χ1) is 13.4. The molecule has 2 N–H and O–H groups in total. The molecule has 0 unspecified atom stereocenters. The summed E-state index contributed by atoms with van der Waals surface area (Å²) in [5.41, 5.74) is 2.83. The van der Waals surface area contributed by atoms with Crippen LogP contribution < -0.4 is 10.6 Å². The van der Waals surface area contributed by atoms with E-state index < -0.39 is 0 Å². The van der Waals surface area contributed by atoms with Gasteiger partial charge in [-0.05, 0) is 55.6 Å². The third kappa shape index (κ3) is 4.28. The number of piperidine rings is 1. The molecule has 1 saturated heterocycles. The zero-order chi connectivity index (χ0) is 19.7. The van der Waals surface area contributed by atoms with E-state index in [1.54, 1.807) is 0 Å². The van der Waals surface area contributed by atoms with E-state index in [1.807, 2.05) is 30.5 Å². The van der Waals surface area contributed by atoms with Crippen LogP contribution >= 0.6 is 11.6 Å². The van der Waals surface area contributed by atoms with Gasteiger partial charge in [-0.3, -0.25) is 4.57 Å². The average molecular weight is 399 g/mol. The number of halogens is 1. The van der Waals surface area contributed by atoms with Gasteiger partial charge in [0.05, 0.1) is 6.20 Å². The lowest BCUT2D eigenvalue weighted by Gasteiger charge is -2.26. The molecule has 0 saturated carbocycles. The molecule has 0 bridgehead atoms. The number of aromatic nitrogens is 4. The lowest BCUT2D eigenvalue weighted by molar-refractivity contribution is 0.375. The fourth-order valence-electron chi connectivity index (χ4n) is 3.65. The summed E-state index contributed by atoms with van der Waals surface area (Å²) in [6, 6.07) is 8.04. The van der Waals surface area contributed by atoms with Crippen LogP contribution in [0.1, 0.15) is 45.5 Å². The van der Waals surface area contributed by atoms with Crippen LogP contribution in [0.5, 0.6) is 0 Å². The molecule has 28 heavy (non-hydrogen) atoms. The minimum Gasteiger partial charge on any atom is -0.326 e. The number of hydrogen-bond donors (Lipinski definition) is 2. The van der Waals surface area contributed by atoms with Crippen LogP contribution in [0.25, 0.3) is 11.2 Å². The second-order valence-electron chi connectivity index (χ2n) is 8.65. The zero-order valence-electron chi connectivity index (χ0n) is 16.7. The number of hydrogen-bond acceptors (Lipinski definition) is 5. The maximum Gasteiger partial charge on any atom is 0.209 e. The molecule has 148 valence electrons. The van der Waals surface area contributed by atoms with Gasteiger partial charge in [-0.15, -0.1) is 0 Å². The summed E-state index contributed by atoms with van der Waals surface area (Å²) >= 11 is 6.03. The SMILES string of the molecule is CC(C)(C)Cc1ncc2nc(Nc3ccc(Cl)cc3)n(C3CCNCC3)c2n1. The van der Waals surface area contributed by atoms with Gasteiger partial charge in [0, 0.05) is 23.2 Å². The molecule has 0 amide bonds. The molecular weight excluding hydrogens is 372 g/mol. The number of fused-ring (bicyclic) bond motifs is 1. The molecule has 3 aromatic rings. The summed E-state index contributed by atoms with van der Waals surface area (Å²) in [5.74, 6) is 1.68. The molecule has 1 aromatic carbocycles. The van der Waals surface area contributed by atoms with Crippen molar-refractivity contribution in [3.8, 4) is 0 Å². The Bertz CT molecular complexity index is 951. The summed E-state index contributed by atoms with van der Waals surface area (Å²) < 4.78 is 2.26. The number of nitrogens with zero attached hydrogens (tertiary/aromatic N) is 4. The van der Waals surface area contributed by atoms with Crippen LogP contribution in [0.15, 0.2) is 30.5 Å². The quantitative estimate of drug-likeness (QED) is 0.664. The average Bonchev–Trinajstić information content (AvgIpc) is 3.00. The highest BCUT2D eigenvalue weighted by Crippen LogP contribution is 2.31. The summed E-state index contributed by atoms with van der Waals surface area (Å²) in [6.45, 7) is 8.63. The van der Waals surface area contributed by atoms with Crippen molar-refractivity contribution in [1.82, 2.24) is 24.8 Å². The summed E-state index contributed by atoms with van der Waals surface area (Å²) in [7, 11) is 0. The molecule has 0 radical (unpaired) electrons. The Morgan fingerprint density at radius 2 is 1.86 bits per heavy atom. The number of nitrogens with one attached hydrogen (secondary N) is 2. The lowest BCUT2D eigenvalue weighted by atomic mass is 9.92. The van der Waals surface area contributed by atoms with E-state index in [-0.39, 0.29) is 5.41 Å². The van der Waals surface area contributed by atoms with Gasteiger partial charge in [0.2, 0.25) is 5.95 Å². The predicted octanol–water partition coefficient (Wildman–Crippen LogP) is 4.74. The normalized spacial score (nSPS) is 15.9. The van der Waals surface area contributed by atoms with Crippen LogP contribution in [0, 0.1) is 5.41 Å². The van der Waals surface area contributed by atoms with Crippen molar-refractivity contribution in [3.63, 3.8) is 0 Å². The first-order valence-electron chi connectivity index (χ1n) is 9.86. The second kappa shape index (κ2) is 7.68. The Labute approximate surface area is 170 Å². The summed E-state index contributed by atoms with van der Waals surface area (Å²) in [4.78, 5) is 14.3. The van der Waals surface area contributed by atoms with Gasteiger partial charge in [0.25, 0.3) is 0 Å². The first-order valence-corrected chi connectivity index (χ1v) is 10.2. The molecule has 1 fully saturated rings. The predicted molar refractivity (Wildman–Crippen MR) is 114 cm³/mol. The Hall–Kier alpha value is -2.18. The Morgan fingerprint density at radius 1 is 1.14 bits per heavy atom. The van der Waals surface area contributed by atoms with Crippen molar-refractivity contribution in [3.05, 3.63) is 41.3 Å². The number of benzene rings is 1. The van der Waals surface area contributed by atoms with Gasteiger partial charge in [0.15, 0.2) is 5.65 Å². The molecule has 0 spiro atoms. The Kier molecular flexibility index (Phi) is 5.25. The van der Waals surface area contributed by atoms with Gasteiger partial charge < -0.3 is 10.6 Å². The highest BCUT2D eigenvalue weighted by Gasteiger charge is 2.23. The third-order valence-corrected chi connectivity index (χ3v) is 5.20. The van der Waals surface area contributed by atoms with E-state index in [0.29, 0.717) is 6.04 Å². The smallest absolute Gasteiger partial charge is 0.209 e. The van der Waals surface area contributed by atoms with E-state index in [2.05, 4.69) is 41.0 Å². The van der Waals surface area contributed by atoms with E-state index in [4.69, 9.17) is 21.6 Å². The molecule has 2 aromatic heterocycles. The molecule has 3 heterocycles. The fraction of sp³-hybridized carbons (Fsp3) is 0.476. The fourth-order valence-corrected chi connectivity index (χ4v) is 3.77. The van der Waals surface area contributed by atoms with Crippen LogP contribution in [0.3, 0.4) is 0 Å². The summed E-state index contributed by atoms with van der Waals surface area (Å²) in [6.07, 6.45) is 4.80. The van der Waals surface area contributed by atoms with Crippen molar-refractivity contribution >= 4 is 34.4 Å². The molecule has 7 heteroatoms. The molecule has 1 aliphatic heterocycles. The minimum atomic E-state index is 0.137. The topological polar surface area (TPSA) is 67.7 Å². The maximum atomic E-state index is 6.03.